The van der Waals surface area contributed by atoms with Crippen LogP contribution in [0.5, 0.6) is 0 Å². The first kappa shape index (κ1) is 11.9. The monoisotopic (exact) mass is 236 g/mol. The van der Waals surface area contributed by atoms with Crippen LogP contribution in [0.25, 0.3) is 0 Å². The number of rotatable bonds is 2. The fourth-order valence-corrected chi connectivity index (χ4v) is 2.01. The van der Waals surface area contributed by atoms with E-state index in [1.165, 1.54) is 0 Å². The largest absolute Gasteiger partial charge is 0.462 e. The maximum Gasteiger partial charge on any atom is 0.343 e. The van der Waals surface area contributed by atoms with Gasteiger partial charge in [-0.2, -0.15) is 0 Å². The Balaban J connectivity index is 2.39. The number of H-pyrrole nitrogens is 1. The van der Waals surface area contributed by atoms with E-state index in [0.29, 0.717) is 0 Å². The second-order valence-electron chi connectivity index (χ2n) is 4.22. The summed E-state index contributed by atoms with van der Waals surface area (Å²) in [5.41, 5.74) is 1.68. The minimum atomic E-state index is -0.551. The molecule has 5 nitrogen and oxygen atoms in total. The number of ether oxygens (including phenoxy) is 1. The molecular weight excluding hydrogens is 220 g/mol. The molecule has 0 aromatic carbocycles. The molecule has 1 aliphatic rings. The molecule has 1 N–H and O–H groups in total. The fourth-order valence-electron chi connectivity index (χ4n) is 2.01. The van der Waals surface area contributed by atoms with Gasteiger partial charge < -0.3 is 14.6 Å². The van der Waals surface area contributed by atoms with E-state index in [2.05, 4.69) is 9.88 Å². The van der Waals surface area contributed by atoms with E-state index in [1.807, 2.05) is 7.05 Å². The van der Waals surface area contributed by atoms with Gasteiger partial charge in [-0.1, -0.05) is 0 Å². The zero-order chi connectivity index (χ0) is 12.4. The van der Waals surface area contributed by atoms with E-state index in [0.717, 1.165) is 30.8 Å². The predicted molar refractivity (Wildman–Crippen MR) is 63.1 cm³/mol. The number of hydrogen-bond acceptors (Lipinski definition) is 4. The highest BCUT2D eigenvalue weighted by molar-refractivity contribution is 5.89. The zero-order valence-electron chi connectivity index (χ0n) is 10.1. The summed E-state index contributed by atoms with van der Waals surface area (Å²) in [6.45, 7) is 3.66. The summed E-state index contributed by atoms with van der Waals surface area (Å²) in [6.07, 6.45) is 0.810. The molecule has 1 aromatic heterocycles. The van der Waals surface area contributed by atoms with Gasteiger partial charge in [-0.05, 0) is 25.6 Å². The fraction of sp³-hybridized carbons (Fsp3) is 0.500. The average Bonchev–Trinajstić information content (AvgIpc) is 2.29. The molecule has 5 heteroatoms. The number of likely N-dealkylation sites (N-methyl/N-ethyl adjacent to an activating group) is 1. The molecule has 0 saturated heterocycles. The van der Waals surface area contributed by atoms with Crippen LogP contribution in [-0.2, 0) is 17.7 Å². The first-order valence-electron chi connectivity index (χ1n) is 5.72. The lowest BCUT2D eigenvalue weighted by Gasteiger charge is -2.24. The van der Waals surface area contributed by atoms with Gasteiger partial charge in [-0.15, -0.1) is 0 Å². The van der Waals surface area contributed by atoms with Crippen molar-refractivity contribution in [1.82, 2.24) is 9.88 Å². The third-order valence-electron chi connectivity index (χ3n) is 2.89. The number of nitrogens with zero attached hydrogens (tertiary/aromatic N) is 1. The van der Waals surface area contributed by atoms with E-state index < -0.39 is 5.97 Å². The minimum Gasteiger partial charge on any atom is -0.462 e. The smallest absolute Gasteiger partial charge is 0.343 e. The molecule has 0 atom stereocenters. The van der Waals surface area contributed by atoms with Gasteiger partial charge in [0.15, 0.2) is 0 Å². The molecule has 0 aliphatic carbocycles. The Morgan fingerprint density at radius 3 is 3.06 bits per heavy atom. The molecule has 0 amide bonds. The summed E-state index contributed by atoms with van der Waals surface area (Å²) < 4.78 is 4.85. The minimum absolute atomic E-state index is 0.0981. The van der Waals surface area contributed by atoms with Crippen LogP contribution in [0.15, 0.2) is 10.9 Å². The highest BCUT2D eigenvalue weighted by atomic mass is 16.5. The summed E-state index contributed by atoms with van der Waals surface area (Å²) in [4.78, 5) is 28.2. The molecule has 1 aromatic rings. The van der Waals surface area contributed by atoms with Crippen molar-refractivity contribution in [2.45, 2.75) is 19.9 Å². The van der Waals surface area contributed by atoms with Crippen LogP contribution in [-0.4, -0.2) is 36.1 Å². The van der Waals surface area contributed by atoms with E-state index in [1.54, 1.807) is 13.0 Å². The van der Waals surface area contributed by atoms with Crippen molar-refractivity contribution >= 4 is 5.97 Å². The van der Waals surface area contributed by atoms with Gasteiger partial charge in [0.1, 0.15) is 5.56 Å². The first-order valence-corrected chi connectivity index (χ1v) is 5.72. The summed E-state index contributed by atoms with van der Waals surface area (Å²) in [7, 11) is 2.01. The Morgan fingerprint density at radius 1 is 1.59 bits per heavy atom. The number of aromatic amines is 1. The molecule has 0 bridgehead atoms. The molecule has 92 valence electrons. The molecule has 17 heavy (non-hydrogen) atoms. The van der Waals surface area contributed by atoms with E-state index in [-0.39, 0.29) is 17.7 Å². The van der Waals surface area contributed by atoms with Crippen LogP contribution < -0.4 is 5.56 Å². The molecule has 0 unspecified atom stereocenters. The molecule has 2 heterocycles. The Hall–Kier alpha value is -1.62. The summed E-state index contributed by atoms with van der Waals surface area (Å²) in [5, 5.41) is 0. The molecule has 2 rings (SSSR count). The van der Waals surface area contributed by atoms with Crippen molar-refractivity contribution < 1.29 is 9.53 Å². The predicted octanol–water partition coefficient (Wildman–Crippen LogP) is 0.539. The normalized spacial score (nSPS) is 15.4. The first-order chi connectivity index (χ1) is 8.11. The van der Waals surface area contributed by atoms with Crippen LogP contribution in [0.1, 0.15) is 28.5 Å². The maximum absolute atomic E-state index is 11.7. The van der Waals surface area contributed by atoms with Crippen LogP contribution in [0.3, 0.4) is 0 Å². The molecule has 0 saturated carbocycles. The van der Waals surface area contributed by atoms with Gasteiger partial charge in [0, 0.05) is 25.2 Å². The van der Waals surface area contributed by atoms with Crippen LogP contribution in [0.4, 0.5) is 0 Å². The molecule has 0 fully saturated rings. The second kappa shape index (κ2) is 4.71. The Morgan fingerprint density at radius 2 is 2.35 bits per heavy atom. The Kier molecular flexibility index (Phi) is 3.28. The number of nitrogens with one attached hydrogen (secondary N) is 1. The molecule has 1 aliphatic heterocycles. The standard InChI is InChI=1S/C12H16N2O3/c1-3-17-12(16)9-6-8-7-14(2)5-4-10(8)13-11(9)15/h6H,3-5,7H2,1-2H3,(H,13,15). The lowest BCUT2D eigenvalue weighted by molar-refractivity contribution is 0.0524. The van der Waals surface area contributed by atoms with E-state index in [9.17, 15) is 9.59 Å². The quantitative estimate of drug-likeness (QED) is 0.761. The van der Waals surface area contributed by atoms with Gasteiger partial charge in [-0.3, -0.25) is 4.79 Å². The van der Waals surface area contributed by atoms with Gasteiger partial charge in [-0.25, -0.2) is 4.79 Å². The lowest BCUT2D eigenvalue weighted by atomic mass is 10.0. The Labute approximate surface area is 99.4 Å². The van der Waals surface area contributed by atoms with Crippen molar-refractivity contribution in [3.05, 3.63) is 33.2 Å². The van der Waals surface area contributed by atoms with Crippen molar-refractivity contribution in [1.29, 1.82) is 0 Å². The third-order valence-corrected chi connectivity index (χ3v) is 2.89. The van der Waals surface area contributed by atoms with Gasteiger partial charge in [0.2, 0.25) is 0 Å². The topological polar surface area (TPSA) is 62.4 Å². The number of aromatic nitrogens is 1. The Bertz CT molecular complexity index is 493. The van der Waals surface area contributed by atoms with Crippen molar-refractivity contribution in [2.75, 3.05) is 20.2 Å². The van der Waals surface area contributed by atoms with Gasteiger partial charge in [0.25, 0.3) is 5.56 Å². The van der Waals surface area contributed by atoms with Crippen molar-refractivity contribution in [3.63, 3.8) is 0 Å². The number of hydrogen-bond donors (Lipinski definition) is 1. The highest BCUT2D eigenvalue weighted by Crippen LogP contribution is 2.15. The van der Waals surface area contributed by atoms with Gasteiger partial charge in [0.05, 0.1) is 6.61 Å². The van der Waals surface area contributed by atoms with E-state index in [4.69, 9.17) is 4.74 Å². The number of carbonyl (C=O) groups is 1. The zero-order valence-corrected chi connectivity index (χ0v) is 10.1. The third kappa shape index (κ3) is 2.39. The highest BCUT2D eigenvalue weighted by Gasteiger charge is 2.19. The summed E-state index contributed by atoms with van der Waals surface area (Å²) in [5.74, 6) is -0.551. The number of pyridine rings is 1. The van der Waals surface area contributed by atoms with Crippen LogP contribution >= 0.6 is 0 Å². The van der Waals surface area contributed by atoms with Crippen molar-refractivity contribution in [3.8, 4) is 0 Å². The van der Waals surface area contributed by atoms with Gasteiger partial charge >= 0.3 is 5.97 Å². The molecular formula is C12H16N2O3. The van der Waals surface area contributed by atoms with Crippen LogP contribution in [0, 0.1) is 0 Å². The average molecular weight is 236 g/mol. The van der Waals surface area contributed by atoms with Crippen molar-refractivity contribution in [2.24, 2.45) is 0 Å². The summed E-state index contributed by atoms with van der Waals surface area (Å²) in [6, 6.07) is 1.65. The molecule has 0 spiro atoms. The lowest BCUT2D eigenvalue weighted by Crippen LogP contribution is -2.31. The SMILES string of the molecule is CCOC(=O)c1cc2c([nH]c1=O)CCN(C)C2. The van der Waals surface area contributed by atoms with E-state index >= 15 is 0 Å². The molecule has 0 radical (unpaired) electrons. The second-order valence-corrected chi connectivity index (χ2v) is 4.22. The number of carbonyl (C=O) groups excluding carboxylic acids is 1. The summed E-state index contributed by atoms with van der Waals surface area (Å²) >= 11 is 0. The number of fused-ring (bicyclic) bond motifs is 1. The number of esters is 1. The van der Waals surface area contributed by atoms with Crippen LogP contribution in [0.2, 0.25) is 0 Å². The maximum atomic E-state index is 11.7.